The second-order valence-electron chi connectivity index (χ2n) is 4.71. The van der Waals surface area contributed by atoms with Gasteiger partial charge in [-0.15, -0.1) is 5.46 Å². The van der Waals surface area contributed by atoms with Crippen molar-refractivity contribution in [1.29, 1.82) is 0 Å². The van der Waals surface area contributed by atoms with E-state index < -0.39 is 12.4 Å². The Kier molecular flexibility index (Phi) is 3.36. The van der Waals surface area contributed by atoms with Gasteiger partial charge in [0.15, 0.2) is 0 Å². The first kappa shape index (κ1) is 12.3. The average molecular weight is 243 g/mol. The zero-order chi connectivity index (χ0) is 12.5. The molecule has 0 heterocycles. The molecular weight excluding hydrogens is 228 g/mol. The van der Waals surface area contributed by atoms with Gasteiger partial charge in [0.25, 0.3) is 0 Å². The van der Waals surface area contributed by atoms with Crippen molar-refractivity contribution in [3.05, 3.63) is 23.8 Å². The highest BCUT2D eigenvalue weighted by molar-refractivity contribution is 6.73. The molecule has 1 aromatic carbocycles. The van der Waals surface area contributed by atoms with E-state index in [4.69, 9.17) is 4.74 Å². The van der Waals surface area contributed by atoms with E-state index in [2.05, 4.69) is 0 Å². The van der Waals surface area contributed by atoms with Gasteiger partial charge in [0.2, 0.25) is 0 Å². The first-order chi connectivity index (χ1) is 7.97. The lowest BCUT2D eigenvalue weighted by molar-refractivity contribution is 0.180. The highest BCUT2D eigenvalue weighted by atomic mass is 19.4. The average Bonchev–Trinajstić information content (AvgIpc) is 2.16. The van der Waals surface area contributed by atoms with Crippen LogP contribution in [0.5, 0.6) is 5.75 Å². The Labute approximate surface area is 99.0 Å². The molecule has 1 aromatic rings. The van der Waals surface area contributed by atoms with Gasteiger partial charge < -0.3 is 17.7 Å². The number of hydrogen-bond acceptors (Lipinski definition) is 1. The first-order valence-electron chi connectivity index (χ1n) is 5.90. The Morgan fingerprint density at radius 1 is 1.29 bits per heavy atom. The Bertz CT molecular complexity index is 399. The summed E-state index contributed by atoms with van der Waals surface area (Å²) in [6.07, 6.45) is 3.58. The van der Waals surface area contributed by atoms with E-state index in [1.165, 1.54) is 25.3 Å². The standard InChI is InChI=1S/C12H15BF3O/c1-9-7-11(13(14,15)16)5-6-12(9)17-8-10-3-2-4-10/h5-7,10H,2-4,8H2,1H3/q-1. The minimum absolute atomic E-state index is 0.557. The number of hydrogen-bond donors (Lipinski definition) is 0. The molecule has 1 aliphatic rings. The van der Waals surface area contributed by atoms with Crippen molar-refractivity contribution in [1.82, 2.24) is 0 Å². The van der Waals surface area contributed by atoms with E-state index >= 15 is 0 Å². The van der Waals surface area contributed by atoms with Gasteiger partial charge >= 0.3 is 6.98 Å². The van der Waals surface area contributed by atoms with E-state index in [0.29, 0.717) is 23.8 Å². The second-order valence-corrected chi connectivity index (χ2v) is 4.71. The van der Waals surface area contributed by atoms with Crippen molar-refractivity contribution in [2.45, 2.75) is 26.2 Å². The van der Waals surface area contributed by atoms with Gasteiger partial charge in [0, 0.05) is 0 Å². The van der Waals surface area contributed by atoms with Crippen molar-refractivity contribution in [2.24, 2.45) is 5.92 Å². The molecule has 1 nitrogen and oxygen atoms in total. The molecule has 5 heteroatoms. The Morgan fingerprint density at radius 3 is 2.47 bits per heavy atom. The van der Waals surface area contributed by atoms with Crippen molar-refractivity contribution in [2.75, 3.05) is 6.61 Å². The predicted molar refractivity (Wildman–Crippen MR) is 62.7 cm³/mol. The summed E-state index contributed by atoms with van der Waals surface area (Å²) in [6, 6.07) is 3.69. The largest absolute Gasteiger partial charge is 0.509 e. The first-order valence-corrected chi connectivity index (χ1v) is 5.90. The number of halogens is 3. The molecule has 0 aromatic heterocycles. The molecule has 0 bridgehead atoms. The highest BCUT2D eigenvalue weighted by Crippen LogP contribution is 2.28. The van der Waals surface area contributed by atoms with Crippen LogP contribution in [0.4, 0.5) is 12.9 Å². The fourth-order valence-corrected chi connectivity index (χ4v) is 1.91. The number of ether oxygens (including phenoxy) is 1. The van der Waals surface area contributed by atoms with Gasteiger partial charge in [0.1, 0.15) is 5.75 Å². The Balaban J connectivity index is 2.03. The summed E-state index contributed by atoms with van der Waals surface area (Å²) in [5, 5.41) is 0. The summed E-state index contributed by atoms with van der Waals surface area (Å²) in [5.74, 6) is 1.15. The molecule has 94 valence electrons. The molecular formula is C12H15BF3O-. The van der Waals surface area contributed by atoms with Crippen LogP contribution >= 0.6 is 0 Å². The van der Waals surface area contributed by atoms with Crippen LogP contribution in [0.15, 0.2) is 18.2 Å². The van der Waals surface area contributed by atoms with Crippen molar-refractivity contribution >= 4 is 12.4 Å². The summed E-state index contributed by atoms with van der Waals surface area (Å²) in [4.78, 5) is 0. The molecule has 0 unspecified atom stereocenters. The molecule has 17 heavy (non-hydrogen) atoms. The number of aryl methyl sites for hydroxylation is 1. The van der Waals surface area contributed by atoms with E-state index in [1.807, 2.05) is 0 Å². The monoisotopic (exact) mass is 243 g/mol. The normalized spacial score (nSPS) is 16.7. The van der Waals surface area contributed by atoms with Crippen LogP contribution in [0, 0.1) is 12.8 Å². The van der Waals surface area contributed by atoms with E-state index in [0.717, 1.165) is 12.1 Å². The van der Waals surface area contributed by atoms with Gasteiger partial charge in [0.05, 0.1) is 6.61 Å². The lowest BCUT2D eigenvalue weighted by Crippen LogP contribution is -2.34. The molecule has 0 N–H and O–H groups in total. The lowest BCUT2D eigenvalue weighted by Gasteiger charge is -2.26. The molecule has 0 amide bonds. The van der Waals surface area contributed by atoms with Crippen LogP contribution < -0.4 is 10.2 Å². The molecule has 1 aliphatic carbocycles. The third kappa shape index (κ3) is 2.96. The van der Waals surface area contributed by atoms with Crippen molar-refractivity contribution < 1.29 is 17.7 Å². The van der Waals surface area contributed by atoms with E-state index in [-0.39, 0.29) is 0 Å². The van der Waals surface area contributed by atoms with Crippen LogP contribution in [0.2, 0.25) is 0 Å². The smallest absolute Gasteiger partial charge is 0.493 e. The molecule has 2 rings (SSSR count). The summed E-state index contributed by atoms with van der Waals surface area (Å²) in [5.41, 5.74) is -0.000447. The fraction of sp³-hybridized carbons (Fsp3) is 0.500. The molecule has 0 atom stereocenters. The Morgan fingerprint density at radius 2 is 2.00 bits per heavy atom. The summed E-state index contributed by atoms with van der Waals surface area (Å²) in [7, 11) is 0. The zero-order valence-electron chi connectivity index (χ0n) is 9.76. The summed E-state index contributed by atoms with van der Waals surface area (Å²) >= 11 is 0. The fourth-order valence-electron chi connectivity index (χ4n) is 1.91. The third-order valence-electron chi connectivity index (χ3n) is 3.28. The lowest BCUT2D eigenvalue weighted by atomic mass is 9.79. The van der Waals surface area contributed by atoms with E-state index in [9.17, 15) is 12.9 Å². The predicted octanol–water partition coefficient (Wildman–Crippen LogP) is 3.23. The third-order valence-corrected chi connectivity index (χ3v) is 3.28. The maximum atomic E-state index is 12.5. The van der Waals surface area contributed by atoms with Crippen LogP contribution in [0.3, 0.4) is 0 Å². The molecule has 1 fully saturated rings. The second kappa shape index (κ2) is 4.63. The molecule has 0 aliphatic heterocycles. The zero-order valence-corrected chi connectivity index (χ0v) is 9.76. The van der Waals surface area contributed by atoms with Gasteiger partial charge in [-0.2, -0.15) is 0 Å². The highest BCUT2D eigenvalue weighted by Gasteiger charge is 2.26. The van der Waals surface area contributed by atoms with Crippen molar-refractivity contribution in [3.8, 4) is 5.75 Å². The van der Waals surface area contributed by atoms with Gasteiger partial charge in [-0.3, -0.25) is 0 Å². The molecule has 1 saturated carbocycles. The Hall–Kier alpha value is -1.13. The van der Waals surface area contributed by atoms with E-state index in [1.54, 1.807) is 6.92 Å². The van der Waals surface area contributed by atoms with Crippen LogP contribution in [-0.4, -0.2) is 13.6 Å². The minimum atomic E-state index is -4.91. The van der Waals surface area contributed by atoms with Gasteiger partial charge in [-0.1, -0.05) is 18.6 Å². The quantitative estimate of drug-likeness (QED) is 0.737. The molecule has 0 radical (unpaired) electrons. The SMILES string of the molecule is Cc1cc([B-](F)(F)F)ccc1OCC1CCC1. The minimum Gasteiger partial charge on any atom is -0.493 e. The molecule has 0 saturated heterocycles. The van der Waals surface area contributed by atoms with Crippen LogP contribution in [0.25, 0.3) is 0 Å². The van der Waals surface area contributed by atoms with Crippen molar-refractivity contribution in [3.63, 3.8) is 0 Å². The number of rotatable bonds is 4. The van der Waals surface area contributed by atoms with Crippen LogP contribution in [0.1, 0.15) is 24.8 Å². The molecule has 0 spiro atoms. The number of benzene rings is 1. The van der Waals surface area contributed by atoms with Crippen LogP contribution in [-0.2, 0) is 0 Å². The van der Waals surface area contributed by atoms with Gasteiger partial charge in [-0.05, 0) is 37.3 Å². The summed E-state index contributed by atoms with van der Waals surface area (Å²) in [6.45, 7) is -2.64. The maximum absolute atomic E-state index is 12.5. The maximum Gasteiger partial charge on any atom is 0.509 e. The summed E-state index contributed by atoms with van der Waals surface area (Å²) < 4.78 is 43.0. The topological polar surface area (TPSA) is 9.23 Å². The van der Waals surface area contributed by atoms with Gasteiger partial charge in [-0.25, -0.2) is 0 Å².